The number of esters is 2. The molecular formula is C22H20FN5O5. The van der Waals surface area contributed by atoms with Crippen LogP contribution in [0.2, 0.25) is 0 Å². The van der Waals surface area contributed by atoms with Crippen LogP contribution >= 0.6 is 0 Å². The maximum atomic E-state index is 13.9. The van der Waals surface area contributed by atoms with Crippen LogP contribution in [-0.4, -0.2) is 49.8 Å². The predicted octanol–water partition coefficient (Wildman–Crippen LogP) is 2.41. The average Bonchev–Trinajstić information content (AvgIpc) is 3.33. The second-order valence-electron chi connectivity index (χ2n) is 7.35. The number of terminal acetylenes is 1. The molecule has 10 nitrogen and oxygen atoms in total. The number of hydrogen-bond donors (Lipinski definition) is 1. The third kappa shape index (κ3) is 4.20. The number of carbonyl (C=O) groups excluding carboxylic acids is 2. The lowest BCUT2D eigenvalue weighted by molar-refractivity contribution is -0.165. The van der Waals surface area contributed by atoms with Gasteiger partial charge in [0.2, 0.25) is 0 Å². The van der Waals surface area contributed by atoms with Crippen LogP contribution in [0.3, 0.4) is 0 Å². The first kappa shape index (κ1) is 22.2. The van der Waals surface area contributed by atoms with Crippen molar-refractivity contribution in [1.82, 2.24) is 19.5 Å². The van der Waals surface area contributed by atoms with Gasteiger partial charge in [0.15, 0.2) is 41.5 Å². The van der Waals surface area contributed by atoms with Gasteiger partial charge in [0.1, 0.15) is 12.1 Å². The van der Waals surface area contributed by atoms with Crippen LogP contribution in [0, 0.1) is 25.1 Å². The summed E-state index contributed by atoms with van der Waals surface area (Å²) in [6.07, 6.45) is 4.29. The third-order valence-corrected chi connectivity index (χ3v) is 5.11. The minimum Gasteiger partial charge on any atom is -0.455 e. The molecule has 0 bridgehead atoms. The van der Waals surface area contributed by atoms with Gasteiger partial charge < -0.3 is 19.5 Å². The molecule has 170 valence electrons. The highest BCUT2D eigenvalue weighted by atomic mass is 19.1. The van der Waals surface area contributed by atoms with E-state index in [9.17, 15) is 14.0 Å². The molecule has 1 fully saturated rings. The summed E-state index contributed by atoms with van der Waals surface area (Å²) >= 11 is 0. The van der Waals surface area contributed by atoms with E-state index >= 15 is 0 Å². The topological polar surface area (TPSA) is 117 Å². The molecule has 4 atom stereocenters. The lowest BCUT2D eigenvalue weighted by Crippen LogP contribution is -2.38. The molecule has 0 amide bonds. The van der Waals surface area contributed by atoms with E-state index in [0.29, 0.717) is 28.2 Å². The first-order chi connectivity index (χ1) is 15.8. The molecule has 11 heteroatoms. The maximum Gasteiger partial charge on any atom is 0.303 e. The Hall–Kier alpha value is -4.04. The van der Waals surface area contributed by atoms with Crippen molar-refractivity contribution in [3.05, 3.63) is 42.2 Å². The molecule has 33 heavy (non-hydrogen) atoms. The number of aromatic nitrogens is 4. The summed E-state index contributed by atoms with van der Waals surface area (Å²) in [7, 11) is 0. The van der Waals surface area contributed by atoms with Crippen molar-refractivity contribution in [3.8, 4) is 12.3 Å². The minimum atomic E-state index is -1.04. The fraction of sp³-hybridized carbons (Fsp3) is 0.318. The summed E-state index contributed by atoms with van der Waals surface area (Å²) in [6, 6.07) is 4.65. The Morgan fingerprint density at radius 1 is 1.18 bits per heavy atom. The van der Waals surface area contributed by atoms with E-state index < -0.39 is 36.5 Å². The van der Waals surface area contributed by atoms with Crippen LogP contribution in [0.25, 0.3) is 11.2 Å². The molecule has 1 saturated heterocycles. The van der Waals surface area contributed by atoms with E-state index in [0.717, 1.165) is 0 Å². The molecule has 2 aromatic heterocycles. The third-order valence-electron chi connectivity index (χ3n) is 5.11. The Balaban J connectivity index is 1.74. The van der Waals surface area contributed by atoms with Crippen LogP contribution in [0.15, 0.2) is 30.9 Å². The van der Waals surface area contributed by atoms with E-state index in [4.69, 9.17) is 20.6 Å². The number of hydrogen-bond acceptors (Lipinski definition) is 9. The largest absolute Gasteiger partial charge is 0.455 e. The summed E-state index contributed by atoms with van der Waals surface area (Å²) in [5.74, 6) is 1.18. The predicted molar refractivity (Wildman–Crippen MR) is 114 cm³/mol. The highest BCUT2D eigenvalue weighted by molar-refractivity contribution is 5.85. The van der Waals surface area contributed by atoms with Gasteiger partial charge in [-0.2, -0.15) is 0 Å². The first-order valence-electron chi connectivity index (χ1n) is 9.96. The molecule has 0 saturated carbocycles. The molecular weight excluding hydrogens is 433 g/mol. The van der Waals surface area contributed by atoms with Gasteiger partial charge in [-0.05, 0) is 19.1 Å². The minimum absolute atomic E-state index is 0.333. The molecule has 1 aliphatic heterocycles. The molecule has 0 radical (unpaired) electrons. The molecule has 0 spiro atoms. The molecule has 0 aliphatic carbocycles. The van der Waals surface area contributed by atoms with E-state index in [-0.39, 0.29) is 5.82 Å². The number of imidazole rings is 1. The number of ether oxygens (including phenoxy) is 3. The second kappa shape index (κ2) is 8.84. The zero-order valence-electron chi connectivity index (χ0n) is 18.0. The van der Waals surface area contributed by atoms with E-state index in [2.05, 4.69) is 26.2 Å². The van der Waals surface area contributed by atoms with E-state index in [1.807, 2.05) is 0 Å². The van der Waals surface area contributed by atoms with Gasteiger partial charge in [-0.15, -0.1) is 6.42 Å². The highest BCUT2D eigenvalue weighted by Crippen LogP contribution is 2.36. The highest BCUT2D eigenvalue weighted by Gasteiger charge is 2.50. The SMILES string of the molecule is C#CC1OC(n2cnc3c(Nc4cccc(F)c4C)ncnc32)C(OC(C)=O)C1OC(C)=O. The maximum absolute atomic E-state index is 13.9. The van der Waals surface area contributed by atoms with Gasteiger partial charge in [0.05, 0.1) is 6.33 Å². The van der Waals surface area contributed by atoms with Gasteiger partial charge >= 0.3 is 11.9 Å². The first-order valence-corrected chi connectivity index (χ1v) is 9.96. The summed E-state index contributed by atoms with van der Waals surface area (Å²) in [4.78, 5) is 36.2. The lowest BCUT2D eigenvalue weighted by atomic mass is 10.1. The van der Waals surface area contributed by atoms with Crippen molar-refractivity contribution in [1.29, 1.82) is 0 Å². The zero-order valence-corrected chi connectivity index (χ0v) is 18.0. The number of rotatable bonds is 5. The number of benzene rings is 1. The van der Waals surface area contributed by atoms with Crippen LogP contribution in [-0.2, 0) is 23.8 Å². The van der Waals surface area contributed by atoms with Crippen molar-refractivity contribution in [2.45, 2.75) is 45.3 Å². The van der Waals surface area contributed by atoms with Crippen LogP contribution in [0.1, 0.15) is 25.6 Å². The molecule has 4 rings (SSSR count). The molecule has 4 unspecified atom stereocenters. The van der Waals surface area contributed by atoms with E-state index in [1.54, 1.807) is 19.1 Å². The Bertz CT molecular complexity index is 1270. The van der Waals surface area contributed by atoms with Gasteiger partial charge in [0, 0.05) is 25.1 Å². The summed E-state index contributed by atoms with van der Waals surface area (Å²) < 4.78 is 32.1. The number of nitrogens with zero attached hydrogens (tertiary/aromatic N) is 4. The Morgan fingerprint density at radius 3 is 2.61 bits per heavy atom. The molecule has 3 aromatic rings. The number of nitrogens with one attached hydrogen (secondary N) is 1. The Kier molecular flexibility index (Phi) is 5.93. The average molecular weight is 453 g/mol. The normalized spacial score (nSPS) is 22.0. The van der Waals surface area contributed by atoms with Crippen LogP contribution in [0.5, 0.6) is 0 Å². The standard InChI is InChI=1S/C22H20FN5O5/c1-5-16-18(31-12(3)29)19(32-13(4)30)22(33-16)28-10-26-17-20(24-9-25-21(17)28)27-15-8-6-7-14(23)11(15)2/h1,6-10,16,18-19,22H,2-4H3,(H,24,25,27). The van der Waals surface area contributed by atoms with Crippen LogP contribution in [0.4, 0.5) is 15.9 Å². The monoisotopic (exact) mass is 453 g/mol. The van der Waals surface area contributed by atoms with Crippen LogP contribution < -0.4 is 5.32 Å². The van der Waals surface area contributed by atoms with Crippen molar-refractivity contribution >= 4 is 34.6 Å². The summed E-state index contributed by atoms with van der Waals surface area (Å²) in [5.41, 5.74) is 1.63. The van der Waals surface area contributed by atoms with Gasteiger partial charge in [-0.1, -0.05) is 12.0 Å². The van der Waals surface area contributed by atoms with Gasteiger partial charge in [-0.25, -0.2) is 19.3 Å². The fourth-order valence-electron chi connectivity index (χ4n) is 3.64. The Morgan fingerprint density at radius 2 is 1.91 bits per heavy atom. The molecule has 1 aliphatic rings. The van der Waals surface area contributed by atoms with Crippen molar-refractivity contribution in [2.24, 2.45) is 0 Å². The van der Waals surface area contributed by atoms with Gasteiger partial charge in [0.25, 0.3) is 0 Å². The van der Waals surface area contributed by atoms with Crippen molar-refractivity contribution in [3.63, 3.8) is 0 Å². The summed E-state index contributed by atoms with van der Waals surface area (Å²) in [6.45, 7) is 4.08. The van der Waals surface area contributed by atoms with Gasteiger partial charge in [-0.3, -0.25) is 14.2 Å². The number of fused-ring (bicyclic) bond motifs is 1. The van der Waals surface area contributed by atoms with E-state index in [1.165, 1.54) is 37.1 Å². The number of carbonyl (C=O) groups is 2. The molecule has 1 aromatic carbocycles. The smallest absolute Gasteiger partial charge is 0.303 e. The Labute approximate surface area is 188 Å². The second-order valence-corrected chi connectivity index (χ2v) is 7.35. The number of halogens is 1. The molecule has 3 heterocycles. The number of anilines is 2. The summed E-state index contributed by atoms with van der Waals surface area (Å²) in [5, 5.41) is 3.06. The zero-order chi connectivity index (χ0) is 23.7. The lowest BCUT2D eigenvalue weighted by Gasteiger charge is -2.23. The quantitative estimate of drug-likeness (QED) is 0.459. The molecule has 1 N–H and O–H groups in total. The van der Waals surface area contributed by atoms with Crippen molar-refractivity contribution in [2.75, 3.05) is 5.32 Å². The fourth-order valence-corrected chi connectivity index (χ4v) is 3.64. The van der Waals surface area contributed by atoms with Crippen molar-refractivity contribution < 1.29 is 28.2 Å².